The summed E-state index contributed by atoms with van der Waals surface area (Å²) in [7, 11) is 0. The number of carboxylic acids is 1. The van der Waals surface area contributed by atoms with E-state index in [4.69, 9.17) is 10.4 Å². The van der Waals surface area contributed by atoms with E-state index in [-0.39, 0.29) is 0 Å². The summed E-state index contributed by atoms with van der Waals surface area (Å²) in [5.74, 6) is -1.81. The van der Waals surface area contributed by atoms with Crippen LogP contribution in [0.3, 0.4) is 0 Å². The van der Waals surface area contributed by atoms with Crippen LogP contribution in [-0.4, -0.2) is 25.9 Å². The molecule has 2 N–H and O–H groups in total. The molecule has 0 aromatic rings. The minimum Gasteiger partial charge on any atom is -0.478 e. The second kappa shape index (κ2) is 5.30. The number of carbonyl (C=O) groups excluding carboxylic acids is 1. The molecular weight excluding hydrogens is 323 g/mol. The van der Waals surface area contributed by atoms with Crippen LogP contribution in [0.2, 0.25) is 0 Å². The van der Waals surface area contributed by atoms with Gasteiger partial charge in [0.1, 0.15) is 5.54 Å². The Morgan fingerprint density at radius 3 is 2.19 bits per heavy atom. The van der Waals surface area contributed by atoms with Crippen LogP contribution in [0.25, 0.3) is 0 Å². The van der Waals surface area contributed by atoms with Crippen molar-refractivity contribution in [2.45, 2.75) is 29.7 Å². The molecule has 0 rings (SSSR count). The first-order valence-corrected chi connectivity index (χ1v) is 5.53. The van der Waals surface area contributed by atoms with Gasteiger partial charge in [0.2, 0.25) is 5.91 Å². The van der Waals surface area contributed by atoms with Crippen molar-refractivity contribution >= 4 is 34.5 Å². The fourth-order valence-electron chi connectivity index (χ4n) is 0.745. The quantitative estimate of drug-likeness (QED) is 0.459. The standard InChI is InChI=1S/C10H13IN2O3/c1-9(2,11)10(3,6-12)13-7(14)4-5-8(15)16/h4-5H,1-3H3,(H,13,14)(H,15,16). The van der Waals surface area contributed by atoms with Crippen LogP contribution in [-0.2, 0) is 9.59 Å². The van der Waals surface area contributed by atoms with Crippen molar-refractivity contribution in [3.63, 3.8) is 0 Å². The lowest BCUT2D eigenvalue weighted by Crippen LogP contribution is -2.55. The largest absolute Gasteiger partial charge is 0.478 e. The summed E-state index contributed by atoms with van der Waals surface area (Å²) in [6.07, 6.45) is 1.62. The normalized spacial score (nSPS) is 15.2. The Morgan fingerprint density at radius 2 is 1.88 bits per heavy atom. The molecule has 0 fully saturated rings. The van der Waals surface area contributed by atoms with E-state index in [1.807, 2.05) is 6.07 Å². The van der Waals surface area contributed by atoms with Crippen molar-refractivity contribution in [2.24, 2.45) is 0 Å². The molecule has 1 atom stereocenters. The Bertz CT molecular complexity index is 365. The molecule has 0 saturated heterocycles. The third-order valence-corrected chi connectivity index (χ3v) is 3.24. The molecule has 1 amide bonds. The van der Waals surface area contributed by atoms with Crippen molar-refractivity contribution in [3.8, 4) is 6.07 Å². The van der Waals surface area contributed by atoms with Gasteiger partial charge >= 0.3 is 5.97 Å². The summed E-state index contributed by atoms with van der Waals surface area (Å²) in [6.45, 7) is 5.20. The molecule has 0 heterocycles. The van der Waals surface area contributed by atoms with Crippen LogP contribution in [0, 0.1) is 11.3 Å². The van der Waals surface area contributed by atoms with E-state index in [1.54, 1.807) is 20.8 Å². The molecule has 0 aliphatic carbocycles. The van der Waals surface area contributed by atoms with Gasteiger partial charge in [0.05, 0.1) is 9.49 Å². The molecule has 88 valence electrons. The zero-order valence-electron chi connectivity index (χ0n) is 9.24. The first-order valence-electron chi connectivity index (χ1n) is 4.46. The highest BCUT2D eigenvalue weighted by Crippen LogP contribution is 2.30. The van der Waals surface area contributed by atoms with E-state index in [9.17, 15) is 9.59 Å². The van der Waals surface area contributed by atoms with Gasteiger partial charge in [0.15, 0.2) is 0 Å². The molecule has 0 radical (unpaired) electrons. The van der Waals surface area contributed by atoms with Crippen LogP contribution in [0.1, 0.15) is 20.8 Å². The lowest BCUT2D eigenvalue weighted by molar-refractivity contribution is -0.131. The Balaban J connectivity index is 4.78. The van der Waals surface area contributed by atoms with Gasteiger partial charge in [-0.15, -0.1) is 0 Å². The molecule has 0 aromatic heterocycles. The molecule has 5 nitrogen and oxygen atoms in total. The predicted molar refractivity (Wildman–Crippen MR) is 67.0 cm³/mol. The van der Waals surface area contributed by atoms with Gasteiger partial charge in [0.25, 0.3) is 0 Å². The minimum atomic E-state index is -1.21. The van der Waals surface area contributed by atoms with E-state index in [0.717, 1.165) is 12.2 Å². The van der Waals surface area contributed by atoms with Crippen molar-refractivity contribution in [3.05, 3.63) is 12.2 Å². The summed E-state index contributed by atoms with van der Waals surface area (Å²) in [5, 5.41) is 19.9. The molecule has 6 heteroatoms. The molecular formula is C10H13IN2O3. The second-order valence-electron chi connectivity index (χ2n) is 3.87. The zero-order valence-corrected chi connectivity index (χ0v) is 11.4. The van der Waals surface area contributed by atoms with Gasteiger partial charge in [-0.3, -0.25) is 4.79 Å². The number of hydrogen-bond acceptors (Lipinski definition) is 3. The number of amides is 1. The molecule has 0 aliphatic rings. The molecule has 0 aliphatic heterocycles. The van der Waals surface area contributed by atoms with Crippen LogP contribution < -0.4 is 5.32 Å². The van der Waals surface area contributed by atoms with Gasteiger partial charge in [-0.25, -0.2) is 4.79 Å². The lowest BCUT2D eigenvalue weighted by Gasteiger charge is -2.34. The van der Waals surface area contributed by atoms with Gasteiger partial charge in [0, 0.05) is 12.2 Å². The number of halogens is 1. The van der Waals surface area contributed by atoms with Crippen LogP contribution in [0.15, 0.2) is 12.2 Å². The topological polar surface area (TPSA) is 90.2 Å². The number of nitrogens with one attached hydrogen (secondary N) is 1. The van der Waals surface area contributed by atoms with Gasteiger partial charge in [-0.2, -0.15) is 5.26 Å². The maximum Gasteiger partial charge on any atom is 0.328 e. The molecule has 1 unspecified atom stereocenters. The molecule has 0 spiro atoms. The van der Waals surface area contributed by atoms with E-state index >= 15 is 0 Å². The summed E-state index contributed by atoms with van der Waals surface area (Å²) < 4.78 is -0.480. The number of nitrogens with zero attached hydrogens (tertiary/aromatic N) is 1. The Kier molecular flexibility index (Phi) is 4.93. The van der Waals surface area contributed by atoms with Crippen molar-refractivity contribution in [2.75, 3.05) is 0 Å². The first-order chi connectivity index (χ1) is 7.12. The molecule has 16 heavy (non-hydrogen) atoms. The highest BCUT2D eigenvalue weighted by atomic mass is 127. The fourth-order valence-corrected chi connectivity index (χ4v) is 1.000. The van der Waals surface area contributed by atoms with E-state index in [0.29, 0.717) is 0 Å². The monoisotopic (exact) mass is 336 g/mol. The maximum absolute atomic E-state index is 11.4. The molecule has 0 bridgehead atoms. The van der Waals surface area contributed by atoms with Crippen LogP contribution in [0.4, 0.5) is 0 Å². The van der Waals surface area contributed by atoms with E-state index in [2.05, 4.69) is 27.9 Å². The lowest BCUT2D eigenvalue weighted by atomic mass is 9.90. The Hall–Kier alpha value is -1.10. The van der Waals surface area contributed by atoms with E-state index < -0.39 is 20.8 Å². The number of nitriles is 1. The summed E-state index contributed by atoms with van der Waals surface area (Å²) in [4.78, 5) is 21.6. The minimum absolute atomic E-state index is 0.480. The SMILES string of the molecule is CC(C)(I)C(C)(C#N)NC(=O)C=CC(=O)O. The van der Waals surface area contributed by atoms with Crippen molar-refractivity contribution < 1.29 is 14.7 Å². The zero-order chi connectivity index (χ0) is 13.0. The average Bonchev–Trinajstić information content (AvgIpc) is 2.12. The fraction of sp³-hybridized carbons (Fsp3) is 0.500. The summed E-state index contributed by atoms with van der Waals surface area (Å²) in [6, 6.07) is 2.02. The first kappa shape index (κ1) is 14.9. The smallest absolute Gasteiger partial charge is 0.328 e. The van der Waals surface area contributed by atoms with Gasteiger partial charge in [-0.05, 0) is 20.8 Å². The maximum atomic E-state index is 11.4. The number of alkyl halides is 1. The number of rotatable bonds is 4. The molecule has 0 aromatic carbocycles. The van der Waals surface area contributed by atoms with Crippen molar-refractivity contribution in [1.29, 1.82) is 5.26 Å². The van der Waals surface area contributed by atoms with Gasteiger partial charge < -0.3 is 10.4 Å². The summed E-state index contributed by atoms with van der Waals surface area (Å²) >= 11 is 2.05. The van der Waals surface area contributed by atoms with Crippen LogP contribution in [0.5, 0.6) is 0 Å². The third-order valence-electron chi connectivity index (χ3n) is 2.16. The Morgan fingerprint density at radius 1 is 1.38 bits per heavy atom. The van der Waals surface area contributed by atoms with Crippen molar-refractivity contribution in [1.82, 2.24) is 5.32 Å². The van der Waals surface area contributed by atoms with Crippen LogP contribution >= 0.6 is 22.6 Å². The Labute approximate surface area is 108 Å². The molecule has 0 saturated carbocycles. The average molecular weight is 336 g/mol. The summed E-state index contributed by atoms with van der Waals surface area (Å²) in [5.41, 5.74) is -1.06. The predicted octanol–water partition coefficient (Wildman–Crippen LogP) is 1.24. The van der Waals surface area contributed by atoms with E-state index in [1.165, 1.54) is 0 Å². The number of carboxylic acid groups (broad SMARTS) is 1. The number of aliphatic carboxylic acids is 1. The highest BCUT2D eigenvalue weighted by Gasteiger charge is 2.40. The second-order valence-corrected chi connectivity index (χ2v) is 6.57. The van der Waals surface area contributed by atoms with Gasteiger partial charge in [-0.1, -0.05) is 22.6 Å². The number of hydrogen-bond donors (Lipinski definition) is 2. The number of carbonyl (C=O) groups is 2. The third kappa shape index (κ3) is 4.18. The highest BCUT2D eigenvalue weighted by molar-refractivity contribution is 14.1.